The highest BCUT2D eigenvalue weighted by Gasteiger charge is 2.21. The minimum absolute atomic E-state index is 0.0406. The summed E-state index contributed by atoms with van der Waals surface area (Å²) >= 11 is 5.49. The Labute approximate surface area is 175 Å². The molecular weight excluding hydrogens is 395 g/mol. The fourth-order valence-electron chi connectivity index (χ4n) is 3.17. The predicted octanol–water partition coefficient (Wildman–Crippen LogP) is 5.09. The summed E-state index contributed by atoms with van der Waals surface area (Å²) in [6.07, 6.45) is 5.39. The lowest BCUT2D eigenvalue weighted by atomic mass is 9.87. The van der Waals surface area contributed by atoms with Crippen LogP contribution in [0.4, 0.5) is 4.39 Å². The summed E-state index contributed by atoms with van der Waals surface area (Å²) in [4.78, 5) is 26.3. The van der Waals surface area contributed by atoms with Crippen LogP contribution in [0, 0.1) is 18.7 Å². The molecule has 1 aliphatic rings. The summed E-state index contributed by atoms with van der Waals surface area (Å²) in [7, 11) is 0. The van der Waals surface area contributed by atoms with Crippen LogP contribution in [0.25, 0.3) is 0 Å². The Hall–Kier alpha value is -2.47. The van der Waals surface area contributed by atoms with Crippen LogP contribution in [-0.2, 0) is 0 Å². The topological polar surface area (TPSA) is 79.3 Å². The van der Waals surface area contributed by atoms with Crippen molar-refractivity contribution >= 4 is 23.3 Å². The van der Waals surface area contributed by atoms with E-state index in [1.54, 1.807) is 12.1 Å². The van der Waals surface area contributed by atoms with E-state index in [2.05, 4.69) is 17.2 Å². The minimum atomic E-state index is -0.556. The quantitative estimate of drug-likeness (QED) is 0.535. The standard InChI is InChI=1S/C15H21NO2.C7H5ClFNO/c1-10-3-6-12(7-4-10)16-15(18)13-8-5-11(2)9-14(13)17;1-4(11)6-2-5(9)3-10-7(6)8/h5,8-10,12,17H,3-4,6-7H2,1-2H3,(H,16,18);2-3H,1H3. The molecule has 2 N–H and O–H groups in total. The number of carbonyl (C=O) groups excluding carboxylic acids is 2. The van der Waals surface area contributed by atoms with Crippen LogP contribution in [0.5, 0.6) is 5.75 Å². The number of aromatic hydroxyl groups is 1. The van der Waals surface area contributed by atoms with Crippen molar-refractivity contribution in [1.82, 2.24) is 10.3 Å². The van der Waals surface area contributed by atoms with Crippen LogP contribution in [0.2, 0.25) is 5.15 Å². The lowest BCUT2D eigenvalue weighted by Crippen LogP contribution is -2.37. The molecule has 0 aliphatic heterocycles. The number of nitrogens with one attached hydrogen (secondary N) is 1. The predicted molar refractivity (Wildman–Crippen MR) is 111 cm³/mol. The lowest BCUT2D eigenvalue weighted by molar-refractivity contribution is 0.0919. The van der Waals surface area contributed by atoms with E-state index in [1.807, 2.05) is 13.0 Å². The van der Waals surface area contributed by atoms with Crippen LogP contribution in [0.3, 0.4) is 0 Å². The van der Waals surface area contributed by atoms with Gasteiger partial charge in [-0.05, 0) is 69.2 Å². The van der Waals surface area contributed by atoms with Gasteiger partial charge in [0.25, 0.3) is 5.91 Å². The molecule has 1 aromatic heterocycles. The number of amides is 1. The molecule has 5 nitrogen and oxygen atoms in total. The Morgan fingerprint density at radius 1 is 1.17 bits per heavy atom. The molecule has 7 heteroatoms. The Balaban J connectivity index is 0.000000234. The summed E-state index contributed by atoms with van der Waals surface area (Å²) in [6, 6.07) is 6.48. The molecule has 0 saturated heterocycles. The third-order valence-corrected chi connectivity index (χ3v) is 5.24. The van der Waals surface area contributed by atoms with E-state index in [0.29, 0.717) is 5.56 Å². The number of aromatic nitrogens is 1. The maximum atomic E-state index is 12.4. The van der Waals surface area contributed by atoms with Crippen molar-refractivity contribution in [3.8, 4) is 5.75 Å². The molecule has 1 aromatic carbocycles. The van der Waals surface area contributed by atoms with Crippen molar-refractivity contribution in [2.75, 3.05) is 0 Å². The monoisotopic (exact) mass is 420 g/mol. The van der Waals surface area contributed by atoms with Gasteiger partial charge in [-0.1, -0.05) is 24.6 Å². The Kier molecular flexibility index (Phi) is 8.14. The van der Waals surface area contributed by atoms with E-state index >= 15 is 0 Å². The zero-order valence-electron chi connectivity index (χ0n) is 16.8. The zero-order valence-corrected chi connectivity index (χ0v) is 17.6. The first-order chi connectivity index (χ1) is 13.7. The third-order valence-electron chi connectivity index (χ3n) is 4.93. The number of carbonyl (C=O) groups is 2. The maximum absolute atomic E-state index is 12.4. The van der Waals surface area contributed by atoms with E-state index in [0.717, 1.165) is 36.6 Å². The molecular formula is C22H26ClFN2O3. The number of Topliss-reactive ketones (excluding diaryl/α,β-unsaturated/α-hetero) is 1. The Morgan fingerprint density at radius 2 is 1.83 bits per heavy atom. The molecule has 1 fully saturated rings. The summed E-state index contributed by atoms with van der Waals surface area (Å²) in [5, 5.41) is 12.8. The van der Waals surface area contributed by atoms with Gasteiger partial charge in [-0.2, -0.15) is 0 Å². The van der Waals surface area contributed by atoms with E-state index < -0.39 is 5.82 Å². The van der Waals surface area contributed by atoms with Gasteiger partial charge < -0.3 is 10.4 Å². The molecule has 3 rings (SSSR count). The van der Waals surface area contributed by atoms with Crippen molar-refractivity contribution < 1.29 is 19.1 Å². The van der Waals surface area contributed by atoms with E-state index in [4.69, 9.17) is 11.6 Å². The van der Waals surface area contributed by atoms with Gasteiger partial charge in [0.15, 0.2) is 5.78 Å². The van der Waals surface area contributed by atoms with Gasteiger partial charge in [0.05, 0.1) is 17.3 Å². The van der Waals surface area contributed by atoms with Crippen LogP contribution in [0.15, 0.2) is 30.5 Å². The Morgan fingerprint density at radius 3 is 2.38 bits per heavy atom. The summed E-state index contributed by atoms with van der Waals surface area (Å²) in [6.45, 7) is 5.45. The Bertz CT molecular complexity index is 880. The molecule has 29 heavy (non-hydrogen) atoms. The molecule has 0 bridgehead atoms. The minimum Gasteiger partial charge on any atom is -0.507 e. The van der Waals surface area contributed by atoms with Crippen molar-refractivity contribution in [2.45, 2.75) is 52.5 Å². The van der Waals surface area contributed by atoms with Crippen molar-refractivity contribution in [2.24, 2.45) is 5.92 Å². The van der Waals surface area contributed by atoms with Gasteiger partial charge in [0.2, 0.25) is 0 Å². The maximum Gasteiger partial charge on any atom is 0.255 e. The first-order valence-corrected chi connectivity index (χ1v) is 9.97. The average Bonchev–Trinajstić information content (AvgIpc) is 2.66. The first kappa shape index (κ1) is 22.8. The molecule has 1 amide bonds. The number of ketones is 1. The smallest absolute Gasteiger partial charge is 0.255 e. The summed E-state index contributed by atoms with van der Waals surface area (Å²) < 4.78 is 12.4. The van der Waals surface area contributed by atoms with Crippen LogP contribution in [-0.4, -0.2) is 27.8 Å². The first-order valence-electron chi connectivity index (χ1n) is 9.59. The highest BCUT2D eigenvalue weighted by molar-refractivity contribution is 6.32. The van der Waals surface area contributed by atoms with E-state index in [1.165, 1.54) is 19.8 Å². The zero-order chi connectivity index (χ0) is 21.6. The third kappa shape index (κ3) is 6.82. The number of phenolic OH excluding ortho intramolecular Hbond substituents is 1. The van der Waals surface area contributed by atoms with Gasteiger partial charge >= 0.3 is 0 Å². The molecule has 156 valence electrons. The van der Waals surface area contributed by atoms with Crippen LogP contribution >= 0.6 is 11.6 Å². The molecule has 0 unspecified atom stereocenters. The number of hydrogen-bond donors (Lipinski definition) is 2. The van der Waals surface area contributed by atoms with Crippen LogP contribution < -0.4 is 5.32 Å². The molecule has 1 heterocycles. The van der Waals surface area contributed by atoms with Crippen LogP contribution in [0.1, 0.15) is 65.8 Å². The average molecular weight is 421 g/mol. The summed E-state index contributed by atoms with van der Waals surface area (Å²) in [5.41, 5.74) is 1.45. The fraction of sp³-hybridized carbons (Fsp3) is 0.409. The number of benzene rings is 1. The highest BCUT2D eigenvalue weighted by atomic mass is 35.5. The molecule has 1 saturated carbocycles. The van der Waals surface area contributed by atoms with Gasteiger partial charge in [-0.25, -0.2) is 9.37 Å². The summed E-state index contributed by atoms with van der Waals surface area (Å²) in [5.74, 6) is -0.170. The highest BCUT2D eigenvalue weighted by Crippen LogP contribution is 2.24. The normalized spacial score (nSPS) is 18.4. The molecule has 0 spiro atoms. The second-order valence-corrected chi connectivity index (χ2v) is 7.86. The molecule has 0 atom stereocenters. The number of halogens is 2. The van der Waals surface area contributed by atoms with Gasteiger partial charge in [0.1, 0.15) is 16.7 Å². The molecule has 2 aromatic rings. The van der Waals surface area contributed by atoms with Crippen molar-refractivity contribution in [3.63, 3.8) is 0 Å². The number of phenols is 1. The SMILES string of the molecule is CC(=O)c1cc(F)cnc1Cl.Cc1ccc(C(=O)NC2CCC(C)CC2)c(O)c1. The lowest BCUT2D eigenvalue weighted by Gasteiger charge is -2.27. The second kappa shape index (κ2) is 10.3. The van der Waals surface area contributed by atoms with Crippen molar-refractivity contribution in [1.29, 1.82) is 0 Å². The van der Waals surface area contributed by atoms with Gasteiger partial charge in [-0.3, -0.25) is 9.59 Å². The van der Waals surface area contributed by atoms with Gasteiger partial charge in [0, 0.05) is 6.04 Å². The number of hydrogen-bond acceptors (Lipinski definition) is 4. The number of aryl methyl sites for hydroxylation is 1. The van der Waals surface area contributed by atoms with E-state index in [9.17, 15) is 19.1 Å². The van der Waals surface area contributed by atoms with Gasteiger partial charge in [-0.15, -0.1) is 0 Å². The van der Waals surface area contributed by atoms with Crippen molar-refractivity contribution in [3.05, 3.63) is 58.1 Å². The second-order valence-electron chi connectivity index (χ2n) is 7.50. The number of nitrogens with zero attached hydrogens (tertiary/aromatic N) is 1. The molecule has 1 aliphatic carbocycles. The van der Waals surface area contributed by atoms with E-state index in [-0.39, 0.29) is 34.2 Å². The fourth-order valence-corrected chi connectivity index (χ4v) is 3.41. The number of rotatable bonds is 3. The largest absolute Gasteiger partial charge is 0.507 e. The number of pyridine rings is 1. The molecule has 0 radical (unpaired) electrons.